The lowest BCUT2D eigenvalue weighted by Crippen LogP contribution is -2.25. The van der Waals surface area contributed by atoms with Crippen molar-refractivity contribution < 1.29 is 19.1 Å². The van der Waals surface area contributed by atoms with Gasteiger partial charge >= 0.3 is 7.60 Å². The van der Waals surface area contributed by atoms with E-state index in [1.807, 2.05) is 0 Å². The summed E-state index contributed by atoms with van der Waals surface area (Å²) in [4.78, 5) is 32.1. The summed E-state index contributed by atoms with van der Waals surface area (Å²) in [5.74, 6) is -0.797. The molecule has 1 amide bonds. The van der Waals surface area contributed by atoms with Gasteiger partial charge in [0.1, 0.15) is 0 Å². The number of fused-ring (bicyclic) bond motifs is 1. The molecule has 0 aliphatic rings. The molecule has 1 aromatic heterocycles. The summed E-state index contributed by atoms with van der Waals surface area (Å²) in [7, 11) is -4.76. The molecule has 9 heteroatoms. The molecule has 27 heavy (non-hydrogen) atoms. The minimum Gasteiger partial charge on any atom is -0.399 e. The molecule has 0 aliphatic heterocycles. The van der Waals surface area contributed by atoms with Gasteiger partial charge in [-0.15, -0.1) is 11.3 Å². The van der Waals surface area contributed by atoms with Crippen molar-refractivity contribution in [2.75, 3.05) is 5.73 Å². The number of hydrogen-bond donors (Lipinski definition) is 4. The minimum atomic E-state index is -4.76. The molecule has 0 saturated carbocycles. The summed E-state index contributed by atoms with van der Waals surface area (Å²) in [6, 6.07) is 12.0. The van der Waals surface area contributed by atoms with E-state index in [0.29, 0.717) is 16.1 Å². The molecule has 2 aromatic carbocycles. The van der Waals surface area contributed by atoms with Gasteiger partial charge in [0.15, 0.2) is 5.66 Å². The molecule has 140 valence electrons. The number of carbonyl (C=O) groups is 1. The summed E-state index contributed by atoms with van der Waals surface area (Å²) >= 11 is 7.29. The highest BCUT2D eigenvalue weighted by molar-refractivity contribution is 7.53. The molecule has 0 radical (unpaired) electrons. The summed E-state index contributed by atoms with van der Waals surface area (Å²) < 4.78 is 12.8. The van der Waals surface area contributed by atoms with Gasteiger partial charge in [0.05, 0.1) is 0 Å². The predicted octanol–water partition coefficient (Wildman–Crippen LogP) is 4.14. The zero-order chi connectivity index (χ0) is 19.6. The lowest BCUT2D eigenvalue weighted by Gasteiger charge is -2.16. The molecule has 1 atom stereocenters. The molecule has 0 bridgehead atoms. The molecule has 0 saturated heterocycles. The van der Waals surface area contributed by atoms with Crippen molar-refractivity contribution in [3.63, 3.8) is 0 Å². The van der Waals surface area contributed by atoms with Gasteiger partial charge in [0, 0.05) is 21.6 Å². The van der Waals surface area contributed by atoms with Crippen LogP contribution in [-0.2, 0) is 9.36 Å². The van der Waals surface area contributed by atoms with Crippen LogP contribution in [0.3, 0.4) is 0 Å². The number of halogens is 1. The second kappa shape index (κ2) is 7.84. The Kier molecular flexibility index (Phi) is 5.69. The van der Waals surface area contributed by atoms with E-state index in [0.717, 1.165) is 10.3 Å². The average Bonchev–Trinajstić information content (AvgIpc) is 2.98. The fourth-order valence-electron chi connectivity index (χ4n) is 2.61. The lowest BCUT2D eigenvalue weighted by atomic mass is 10.1. The van der Waals surface area contributed by atoms with Gasteiger partial charge in [0.25, 0.3) is 0 Å². The normalized spacial score (nSPS) is 13.1. The highest BCUT2D eigenvalue weighted by Gasteiger charge is 2.38. The van der Waals surface area contributed by atoms with Crippen LogP contribution in [0.25, 0.3) is 16.2 Å². The van der Waals surface area contributed by atoms with E-state index in [1.165, 1.54) is 17.5 Å². The first kappa shape index (κ1) is 19.6. The number of nitrogen functional groups attached to an aromatic ring is 1. The van der Waals surface area contributed by atoms with Gasteiger partial charge < -0.3 is 20.8 Å². The van der Waals surface area contributed by atoms with Crippen LogP contribution >= 0.6 is 30.5 Å². The Morgan fingerprint density at radius 2 is 1.93 bits per heavy atom. The van der Waals surface area contributed by atoms with Crippen molar-refractivity contribution in [2.24, 2.45) is 0 Å². The van der Waals surface area contributed by atoms with E-state index in [9.17, 15) is 19.1 Å². The second-order valence-corrected chi connectivity index (χ2v) is 8.87. The molecule has 1 heterocycles. The number of carbonyl (C=O) groups excluding carboxylic acids is 1. The number of nitrogens with two attached hydrogens (primary N) is 1. The van der Waals surface area contributed by atoms with Crippen molar-refractivity contribution in [3.05, 3.63) is 70.2 Å². The number of amides is 1. The first-order valence-electron chi connectivity index (χ1n) is 7.80. The largest absolute Gasteiger partial charge is 0.399 e. The third-order valence-corrected chi connectivity index (χ3v) is 6.28. The summed E-state index contributed by atoms with van der Waals surface area (Å²) in [5, 5.41) is 5.01. The van der Waals surface area contributed by atoms with Gasteiger partial charge in [-0.2, -0.15) is 0 Å². The monoisotopic (exact) mass is 422 g/mol. The van der Waals surface area contributed by atoms with Crippen LogP contribution in [-0.4, -0.2) is 15.7 Å². The van der Waals surface area contributed by atoms with Crippen molar-refractivity contribution in [3.8, 4) is 0 Å². The van der Waals surface area contributed by atoms with Gasteiger partial charge in [-0.1, -0.05) is 23.7 Å². The maximum absolute atomic E-state index is 12.6. The Morgan fingerprint density at radius 1 is 1.22 bits per heavy atom. The fraction of sp³-hybridized carbons (Fsp3) is 0.0556. The highest BCUT2D eigenvalue weighted by Crippen LogP contribution is 2.54. The van der Waals surface area contributed by atoms with Gasteiger partial charge in [-0.25, -0.2) is 0 Å². The molecule has 5 N–H and O–H groups in total. The van der Waals surface area contributed by atoms with Crippen LogP contribution in [0, 0.1) is 0 Å². The maximum Gasteiger partial charge on any atom is 0.342 e. The third kappa shape index (κ3) is 4.58. The van der Waals surface area contributed by atoms with E-state index in [2.05, 4.69) is 5.32 Å². The Balaban J connectivity index is 1.88. The molecule has 1 unspecified atom stereocenters. The Hall–Kier alpha value is -2.15. The lowest BCUT2D eigenvalue weighted by molar-refractivity contribution is -0.120. The number of nitrogens with one attached hydrogen (secondary N) is 1. The molecule has 3 rings (SSSR count). The number of benzene rings is 2. The molecule has 6 nitrogen and oxygen atoms in total. The number of thiophene rings is 1. The number of anilines is 1. The molecule has 0 spiro atoms. The van der Waals surface area contributed by atoms with E-state index in [1.54, 1.807) is 53.9 Å². The van der Waals surface area contributed by atoms with E-state index in [4.69, 9.17) is 17.3 Å². The number of hydrogen-bond acceptors (Lipinski definition) is 4. The summed E-state index contributed by atoms with van der Waals surface area (Å²) in [5.41, 5.74) is 5.64. The van der Waals surface area contributed by atoms with Crippen LogP contribution in [0.4, 0.5) is 5.69 Å². The highest BCUT2D eigenvalue weighted by atomic mass is 35.5. The first-order chi connectivity index (χ1) is 12.8. The standard InChI is InChI=1S/C18H16ClN2O4PS/c19-12-3-6-16-14(9-12)15(10-27-16)17(26(23,24)25)18(22)21-8-7-11-1-4-13(20)5-2-11/h1-10,17H,20H2,(H,21,22)(H2,23,24,25). The first-order valence-corrected chi connectivity index (χ1v) is 10.7. The van der Waals surface area contributed by atoms with Gasteiger partial charge in [0.2, 0.25) is 5.91 Å². The van der Waals surface area contributed by atoms with Gasteiger partial charge in [-0.3, -0.25) is 9.36 Å². The zero-order valence-electron chi connectivity index (χ0n) is 13.9. The van der Waals surface area contributed by atoms with Crippen molar-refractivity contribution in [2.45, 2.75) is 5.66 Å². The van der Waals surface area contributed by atoms with Crippen LogP contribution in [0.1, 0.15) is 16.8 Å². The van der Waals surface area contributed by atoms with E-state index in [-0.39, 0.29) is 5.56 Å². The van der Waals surface area contributed by atoms with Crippen molar-refractivity contribution >= 4 is 58.3 Å². The van der Waals surface area contributed by atoms with Crippen LogP contribution < -0.4 is 11.1 Å². The third-order valence-electron chi connectivity index (χ3n) is 3.88. The zero-order valence-corrected chi connectivity index (χ0v) is 16.3. The van der Waals surface area contributed by atoms with Crippen molar-refractivity contribution in [1.82, 2.24) is 5.32 Å². The topological polar surface area (TPSA) is 113 Å². The van der Waals surface area contributed by atoms with Crippen molar-refractivity contribution in [1.29, 1.82) is 0 Å². The van der Waals surface area contributed by atoms with Crippen LogP contribution in [0.15, 0.2) is 54.0 Å². The number of rotatable bonds is 5. The van der Waals surface area contributed by atoms with Crippen LogP contribution in [0.2, 0.25) is 5.02 Å². The Labute approximate surface area is 164 Å². The van der Waals surface area contributed by atoms with E-state index < -0.39 is 19.2 Å². The predicted molar refractivity (Wildman–Crippen MR) is 110 cm³/mol. The molecular formula is C18H16ClN2O4PS. The van der Waals surface area contributed by atoms with Gasteiger partial charge in [-0.05, 0) is 58.3 Å². The molecule has 0 fully saturated rings. The Bertz CT molecular complexity index is 1060. The fourth-order valence-corrected chi connectivity index (χ4v) is 4.81. The minimum absolute atomic E-state index is 0.254. The smallest absolute Gasteiger partial charge is 0.342 e. The van der Waals surface area contributed by atoms with E-state index >= 15 is 0 Å². The average molecular weight is 423 g/mol. The molecular weight excluding hydrogens is 407 g/mol. The molecule has 3 aromatic rings. The quantitative estimate of drug-likeness (QED) is 0.364. The SMILES string of the molecule is Nc1ccc(C=CNC(=O)C(c2csc3ccc(Cl)cc23)P(=O)(O)O)cc1. The van der Waals surface area contributed by atoms with Crippen LogP contribution in [0.5, 0.6) is 0 Å². The maximum atomic E-state index is 12.6. The summed E-state index contributed by atoms with van der Waals surface area (Å²) in [6.45, 7) is 0. The summed E-state index contributed by atoms with van der Waals surface area (Å²) in [6.07, 6.45) is 2.95. The molecule has 0 aliphatic carbocycles. The Morgan fingerprint density at radius 3 is 2.59 bits per heavy atom. The second-order valence-electron chi connectivity index (χ2n) is 5.83.